The molecule has 7 N–H and O–H groups in total. The fraction of sp³-hybridized carbons (Fsp3) is 0.500. The third kappa shape index (κ3) is 9.26. The molecule has 3 unspecified atom stereocenters. The number of benzene rings is 1. The highest BCUT2D eigenvalue weighted by atomic mass is 32.1. The number of carboxylic acids is 1. The molecule has 3 atom stereocenters. The summed E-state index contributed by atoms with van der Waals surface area (Å²) in [6.45, 7) is 3.47. The van der Waals surface area contributed by atoms with Gasteiger partial charge in [0.1, 0.15) is 23.9 Å². The van der Waals surface area contributed by atoms with E-state index in [1.807, 2.05) is 13.8 Å². The predicted molar refractivity (Wildman–Crippen MR) is 118 cm³/mol. The summed E-state index contributed by atoms with van der Waals surface area (Å²) in [5.41, 5.74) is 5.89. The average molecular weight is 455 g/mol. The molecule has 0 aliphatic carbocycles. The predicted octanol–water partition coefficient (Wildman–Crippen LogP) is -0.592. The summed E-state index contributed by atoms with van der Waals surface area (Å²) in [6, 6.07) is 2.67. The molecule has 10 nitrogen and oxygen atoms in total. The minimum absolute atomic E-state index is 0.0167. The summed E-state index contributed by atoms with van der Waals surface area (Å²) in [7, 11) is 0. The number of carbonyl (C=O) groups is 4. The summed E-state index contributed by atoms with van der Waals surface area (Å²) >= 11 is 4.08. The van der Waals surface area contributed by atoms with E-state index in [-0.39, 0.29) is 30.4 Å². The fourth-order valence-corrected chi connectivity index (χ4v) is 3.02. The first-order valence-corrected chi connectivity index (χ1v) is 10.4. The maximum absolute atomic E-state index is 12.6. The van der Waals surface area contributed by atoms with E-state index in [9.17, 15) is 29.4 Å². The van der Waals surface area contributed by atoms with E-state index in [2.05, 4.69) is 28.6 Å². The van der Waals surface area contributed by atoms with Crippen molar-refractivity contribution in [2.24, 2.45) is 11.7 Å². The van der Waals surface area contributed by atoms with Gasteiger partial charge in [-0.05, 0) is 30.0 Å². The smallest absolute Gasteiger partial charge is 0.326 e. The van der Waals surface area contributed by atoms with Gasteiger partial charge in [-0.1, -0.05) is 26.0 Å². The molecule has 0 fully saturated rings. The Morgan fingerprint density at radius 2 is 1.52 bits per heavy atom. The SMILES string of the molecule is CC(C)CC(NC(=O)CN)C(=O)NC(CS)C(=O)NC(Cc1ccc(O)cc1)C(=O)O. The van der Waals surface area contributed by atoms with Crippen molar-refractivity contribution in [3.8, 4) is 5.75 Å². The number of aromatic hydroxyl groups is 1. The lowest BCUT2D eigenvalue weighted by molar-refractivity contribution is -0.142. The third-order valence-electron chi connectivity index (χ3n) is 4.35. The molecule has 1 aromatic rings. The molecule has 1 rings (SSSR count). The van der Waals surface area contributed by atoms with Gasteiger partial charge in [0.25, 0.3) is 0 Å². The van der Waals surface area contributed by atoms with Crippen molar-refractivity contribution in [1.29, 1.82) is 0 Å². The zero-order valence-corrected chi connectivity index (χ0v) is 18.4. The number of hydrogen-bond acceptors (Lipinski definition) is 7. The largest absolute Gasteiger partial charge is 0.508 e. The van der Waals surface area contributed by atoms with Gasteiger partial charge in [0.05, 0.1) is 6.54 Å². The van der Waals surface area contributed by atoms with Gasteiger partial charge in [0, 0.05) is 12.2 Å². The van der Waals surface area contributed by atoms with E-state index in [1.54, 1.807) is 12.1 Å². The lowest BCUT2D eigenvalue weighted by Crippen LogP contribution is -2.57. The van der Waals surface area contributed by atoms with Crippen molar-refractivity contribution in [3.63, 3.8) is 0 Å². The number of amides is 3. The van der Waals surface area contributed by atoms with Crippen molar-refractivity contribution in [3.05, 3.63) is 29.8 Å². The molecule has 0 heterocycles. The second-order valence-electron chi connectivity index (χ2n) is 7.47. The standard InChI is InChI=1S/C20H30N4O6S/c1-11(2)7-14(22-17(26)9-21)18(27)24-16(10-31)19(28)23-15(20(29)30)8-12-3-5-13(25)6-4-12/h3-6,11,14-16,25,31H,7-10,21H2,1-2H3,(H,22,26)(H,23,28)(H,24,27)(H,29,30). The lowest BCUT2D eigenvalue weighted by atomic mass is 10.0. The van der Waals surface area contributed by atoms with Gasteiger partial charge in [-0.2, -0.15) is 12.6 Å². The van der Waals surface area contributed by atoms with E-state index in [4.69, 9.17) is 5.73 Å². The molecule has 1 aromatic carbocycles. The van der Waals surface area contributed by atoms with Gasteiger partial charge in [-0.3, -0.25) is 14.4 Å². The van der Waals surface area contributed by atoms with Crippen molar-refractivity contribution in [2.45, 2.75) is 44.8 Å². The number of carbonyl (C=O) groups excluding carboxylic acids is 3. The number of nitrogens with one attached hydrogen (secondary N) is 3. The van der Waals surface area contributed by atoms with Crippen LogP contribution in [0.5, 0.6) is 5.75 Å². The lowest BCUT2D eigenvalue weighted by Gasteiger charge is -2.24. The average Bonchev–Trinajstić information content (AvgIpc) is 2.71. The van der Waals surface area contributed by atoms with E-state index in [1.165, 1.54) is 12.1 Å². The van der Waals surface area contributed by atoms with Crippen LogP contribution in [0.25, 0.3) is 0 Å². The number of thiol groups is 1. The van der Waals surface area contributed by atoms with Gasteiger partial charge in [0.2, 0.25) is 17.7 Å². The molecule has 0 aliphatic heterocycles. The van der Waals surface area contributed by atoms with Crippen LogP contribution in [0.4, 0.5) is 0 Å². The first-order valence-electron chi connectivity index (χ1n) is 9.79. The molecule has 172 valence electrons. The first kappa shape index (κ1) is 26.2. The molecule has 11 heteroatoms. The Morgan fingerprint density at radius 3 is 2.00 bits per heavy atom. The molecule has 0 aliphatic rings. The Morgan fingerprint density at radius 1 is 0.968 bits per heavy atom. The van der Waals surface area contributed by atoms with Gasteiger partial charge in [-0.25, -0.2) is 4.79 Å². The molecule has 3 amide bonds. The highest BCUT2D eigenvalue weighted by Gasteiger charge is 2.29. The monoisotopic (exact) mass is 454 g/mol. The number of rotatable bonds is 12. The van der Waals surface area contributed by atoms with Crippen LogP contribution in [0.15, 0.2) is 24.3 Å². The number of nitrogens with two attached hydrogens (primary N) is 1. The Bertz CT molecular complexity index is 771. The van der Waals surface area contributed by atoms with E-state index >= 15 is 0 Å². The second kappa shape index (κ2) is 12.8. The van der Waals surface area contributed by atoms with Crippen LogP contribution < -0.4 is 21.7 Å². The van der Waals surface area contributed by atoms with Crippen LogP contribution >= 0.6 is 12.6 Å². The Kier molecular flexibility index (Phi) is 10.8. The number of hydrogen-bond donors (Lipinski definition) is 7. The van der Waals surface area contributed by atoms with E-state index < -0.39 is 41.8 Å². The summed E-state index contributed by atoms with van der Waals surface area (Å²) < 4.78 is 0. The van der Waals surface area contributed by atoms with Gasteiger partial charge in [0.15, 0.2) is 0 Å². The maximum atomic E-state index is 12.6. The maximum Gasteiger partial charge on any atom is 0.326 e. The summed E-state index contributed by atoms with van der Waals surface area (Å²) in [5.74, 6) is -3.03. The summed E-state index contributed by atoms with van der Waals surface area (Å²) in [6.07, 6.45) is 0.314. The van der Waals surface area contributed by atoms with Crippen molar-refractivity contribution >= 4 is 36.3 Å². The number of aliphatic carboxylic acids is 1. The molecule has 31 heavy (non-hydrogen) atoms. The number of phenols is 1. The van der Waals surface area contributed by atoms with Crippen LogP contribution in [0.1, 0.15) is 25.8 Å². The van der Waals surface area contributed by atoms with Gasteiger partial charge >= 0.3 is 5.97 Å². The number of carboxylic acid groups (broad SMARTS) is 1. The van der Waals surface area contributed by atoms with Crippen molar-refractivity contribution in [2.75, 3.05) is 12.3 Å². The van der Waals surface area contributed by atoms with Crippen molar-refractivity contribution < 1.29 is 29.4 Å². The zero-order valence-electron chi connectivity index (χ0n) is 17.5. The zero-order chi connectivity index (χ0) is 23.6. The van der Waals surface area contributed by atoms with Crippen LogP contribution in [0, 0.1) is 5.92 Å². The van der Waals surface area contributed by atoms with Crippen LogP contribution in [-0.2, 0) is 25.6 Å². The van der Waals surface area contributed by atoms with E-state index in [0.717, 1.165) is 0 Å². The first-order chi connectivity index (χ1) is 14.6. The van der Waals surface area contributed by atoms with Crippen molar-refractivity contribution in [1.82, 2.24) is 16.0 Å². The highest BCUT2D eigenvalue weighted by Crippen LogP contribution is 2.12. The minimum Gasteiger partial charge on any atom is -0.508 e. The van der Waals surface area contributed by atoms with Gasteiger partial charge in [-0.15, -0.1) is 0 Å². The Hall–Kier alpha value is -2.79. The quantitative estimate of drug-likeness (QED) is 0.207. The summed E-state index contributed by atoms with van der Waals surface area (Å²) in [5, 5.41) is 26.2. The van der Waals surface area contributed by atoms with Gasteiger partial charge < -0.3 is 31.9 Å². The highest BCUT2D eigenvalue weighted by molar-refractivity contribution is 7.80. The topological polar surface area (TPSA) is 171 Å². The molecular formula is C20H30N4O6S. The van der Waals surface area contributed by atoms with Crippen LogP contribution in [0.3, 0.4) is 0 Å². The van der Waals surface area contributed by atoms with E-state index in [0.29, 0.717) is 12.0 Å². The molecule has 0 radical (unpaired) electrons. The van der Waals surface area contributed by atoms with Crippen LogP contribution in [-0.4, -0.2) is 64.3 Å². The molecule has 0 saturated carbocycles. The Balaban J connectivity index is 2.84. The second-order valence-corrected chi connectivity index (χ2v) is 7.83. The fourth-order valence-electron chi connectivity index (χ4n) is 2.76. The number of phenolic OH excluding ortho intramolecular Hbond substituents is 1. The normalized spacial score (nSPS) is 13.7. The molecule has 0 saturated heterocycles. The Labute approximate surface area is 186 Å². The molecule has 0 aromatic heterocycles. The third-order valence-corrected chi connectivity index (χ3v) is 4.72. The molecule has 0 spiro atoms. The van der Waals surface area contributed by atoms with Crippen LogP contribution in [0.2, 0.25) is 0 Å². The summed E-state index contributed by atoms with van der Waals surface area (Å²) in [4.78, 5) is 48.4. The molecule has 0 bridgehead atoms. The minimum atomic E-state index is -1.25. The molecular weight excluding hydrogens is 424 g/mol.